The molecule has 8 heteroatoms. The minimum atomic E-state index is -0.556. The Hall–Kier alpha value is -2.74. The molecule has 0 aliphatic carbocycles. The van der Waals surface area contributed by atoms with Gasteiger partial charge in [-0.15, -0.1) is 0 Å². The van der Waals surface area contributed by atoms with Crippen molar-refractivity contribution in [2.45, 2.75) is 0 Å². The highest BCUT2D eigenvalue weighted by Gasteiger charge is 2.09. The van der Waals surface area contributed by atoms with Crippen LogP contribution < -0.4 is 5.11 Å². The van der Waals surface area contributed by atoms with Crippen molar-refractivity contribution >= 4 is 44.4 Å². The van der Waals surface area contributed by atoms with E-state index in [1.807, 2.05) is 6.07 Å². The fraction of sp³-hybridized carbons (Fsp3) is 0. The van der Waals surface area contributed by atoms with Gasteiger partial charge in [0.2, 0.25) is 0 Å². The van der Waals surface area contributed by atoms with Gasteiger partial charge in [-0.1, -0.05) is 21.7 Å². The summed E-state index contributed by atoms with van der Waals surface area (Å²) in [5.74, 6) is -0.348. The van der Waals surface area contributed by atoms with Crippen LogP contribution in [0.5, 0.6) is 5.75 Å². The van der Waals surface area contributed by atoms with Crippen LogP contribution >= 0.6 is 15.9 Å². The third-order valence-corrected chi connectivity index (χ3v) is 3.63. The summed E-state index contributed by atoms with van der Waals surface area (Å²) >= 11 is 3.03. The number of non-ortho nitro benzene ring substituents is 1. The van der Waals surface area contributed by atoms with E-state index in [1.165, 1.54) is 18.3 Å². The van der Waals surface area contributed by atoms with Crippen LogP contribution in [0.4, 0.5) is 11.4 Å². The lowest BCUT2D eigenvalue weighted by Crippen LogP contribution is -1.99. The van der Waals surface area contributed by atoms with Gasteiger partial charge in [0.25, 0.3) is 5.69 Å². The van der Waals surface area contributed by atoms with Gasteiger partial charge in [0, 0.05) is 28.2 Å². The number of nitro groups is 1. The van der Waals surface area contributed by atoms with E-state index >= 15 is 0 Å². The van der Waals surface area contributed by atoms with Crippen molar-refractivity contribution in [3.05, 3.63) is 56.7 Å². The van der Waals surface area contributed by atoms with Gasteiger partial charge < -0.3 is 5.11 Å². The summed E-state index contributed by atoms with van der Waals surface area (Å²) in [5.41, 5.74) is 1.48. The number of aromatic amines is 1. The molecule has 0 bridgehead atoms. The molecule has 22 heavy (non-hydrogen) atoms. The van der Waals surface area contributed by atoms with Crippen LogP contribution in [0.2, 0.25) is 0 Å². The lowest BCUT2D eigenvalue weighted by molar-refractivity contribution is -0.385. The molecule has 7 nitrogen and oxygen atoms in total. The molecule has 0 saturated heterocycles. The van der Waals surface area contributed by atoms with Crippen molar-refractivity contribution in [2.24, 2.45) is 4.99 Å². The van der Waals surface area contributed by atoms with Gasteiger partial charge >= 0.3 is 0 Å². The van der Waals surface area contributed by atoms with E-state index in [9.17, 15) is 15.2 Å². The molecule has 0 aliphatic heterocycles. The van der Waals surface area contributed by atoms with Crippen molar-refractivity contribution < 1.29 is 10.0 Å². The molecule has 110 valence electrons. The Kier molecular flexibility index (Phi) is 3.60. The normalized spacial score (nSPS) is 11.3. The summed E-state index contributed by atoms with van der Waals surface area (Å²) in [5, 5.41) is 30.4. The number of H-pyrrole nitrogens is 1. The molecule has 3 aromatic rings. The number of nitrogens with one attached hydrogen (secondary N) is 1. The monoisotopic (exact) mass is 359 g/mol. The zero-order valence-corrected chi connectivity index (χ0v) is 12.6. The average molecular weight is 360 g/mol. The first-order chi connectivity index (χ1) is 10.5. The predicted octanol–water partition coefficient (Wildman–Crippen LogP) is 3.06. The van der Waals surface area contributed by atoms with Gasteiger partial charge in [-0.3, -0.25) is 20.2 Å². The molecule has 1 heterocycles. The molecular weight excluding hydrogens is 352 g/mol. The van der Waals surface area contributed by atoms with E-state index in [1.54, 1.807) is 18.3 Å². The molecule has 0 saturated carbocycles. The third-order valence-electron chi connectivity index (χ3n) is 3.04. The molecule has 0 amide bonds. The van der Waals surface area contributed by atoms with Crippen molar-refractivity contribution in [1.82, 2.24) is 10.2 Å². The van der Waals surface area contributed by atoms with Crippen LogP contribution in [0.15, 0.2) is 46.0 Å². The number of nitrogens with zero attached hydrogens (tertiary/aromatic N) is 3. The number of nitro benzene ring substituents is 1. The van der Waals surface area contributed by atoms with E-state index in [0.29, 0.717) is 5.69 Å². The predicted molar refractivity (Wildman–Crippen MR) is 83.6 cm³/mol. The zero-order valence-electron chi connectivity index (χ0n) is 11.0. The number of halogens is 1. The molecule has 0 radical (unpaired) electrons. The number of aliphatic imine (C=N–C) groups is 1. The molecule has 1 N–H and O–H groups in total. The van der Waals surface area contributed by atoms with Crippen LogP contribution in [0.1, 0.15) is 5.56 Å². The maximum absolute atomic E-state index is 12.0. The minimum Gasteiger partial charge on any atom is -0.871 e. The topological polar surface area (TPSA) is 107 Å². The molecule has 0 atom stereocenters. The Bertz CT molecular complexity index is 904. The fourth-order valence-corrected chi connectivity index (χ4v) is 2.42. The lowest BCUT2D eigenvalue weighted by atomic mass is 10.2. The largest absolute Gasteiger partial charge is 0.871 e. The summed E-state index contributed by atoms with van der Waals surface area (Å²) in [7, 11) is 0. The van der Waals surface area contributed by atoms with Crippen LogP contribution in [0.25, 0.3) is 10.9 Å². The van der Waals surface area contributed by atoms with Gasteiger partial charge in [-0.2, -0.15) is 5.10 Å². The first kappa shape index (κ1) is 14.2. The highest BCUT2D eigenvalue weighted by molar-refractivity contribution is 9.10. The van der Waals surface area contributed by atoms with Gasteiger partial charge in [-0.25, -0.2) is 0 Å². The summed E-state index contributed by atoms with van der Waals surface area (Å²) < 4.78 is 0.133. The Morgan fingerprint density at radius 1 is 1.32 bits per heavy atom. The second kappa shape index (κ2) is 5.57. The summed E-state index contributed by atoms with van der Waals surface area (Å²) in [6.45, 7) is 0. The molecule has 0 fully saturated rings. The highest BCUT2D eigenvalue weighted by atomic mass is 79.9. The number of hydrogen-bond acceptors (Lipinski definition) is 5. The number of rotatable bonds is 3. The smallest absolute Gasteiger partial charge is 0.271 e. The van der Waals surface area contributed by atoms with Crippen LogP contribution in [0.3, 0.4) is 0 Å². The lowest BCUT2D eigenvalue weighted by Gasteiger charge is -2.12. The second-order valence-corrected chi connectivity index (χ2v) is 5.36. The van der Waals surface area contributed by atoms with Gasteiger partial charge in [0.15, 0.2) is 0 Å². The van der Waals surface area contributed by atoms with Crippen molar-refractivity contribution in [2.75, 3.05) is 0 Å². The summed E-state index contributed by atoms with van der Waals surface area (Å²) in [6, 6.07) is 7.75. The minimum absolute atomic E-state index is 0.133. The highest BCUT2D eigenvalue weighted by Crippen LogP contribution is 2.30. The van der Waals surface area contributed by atoms with E-state index in [2.05, 4.69) is 31.1 Å². The first-order valence-electron chi connectivity index (χ1n) is 6.17. The number of fused-ring (bicyclic) bond motifs is 1. The molecule has 1 aromatic heterocycles. The first-order valence-corrected chi connectivity index (χ1v) is 6.96. The maximum atomic E-state index is 12.0. The molecular formula is C14H8BrN4O3-. The summed E-state index contributed by atoms with van der Waals surface area (Å²) in [6.07, 6.45) is 2.98. The Labute approximate surface area is 132 Å². The molecule has 3 rings (SSSR count). The molecule has 0 aliphatic rings. The van der Waals surface area contributed by atoms with Crippen LogP contribution in [-0.2, 0) is 0 Å². The van der Waals surface area contributed by atoms with Crippen LogP contribution in [0, 0.1) is 10.1 Å². The van der Waals surface area contributed by atoms with Gasteiger partial charge in [0.05, 0.1) is 22.3 Å². The SMILES string of the molecule is O=[N+]([O-])c1cc(Br)c([O-])c(C=Nc2ccc3[nH]ncc3c2)c1. The number of hydrogen-bond donors (Lipinski definition) is 1. The molecule has 0 spiro atoms. The Balaban J connectivity index is 1.99. The quantitative estimate of drug-likeness (QED) is 0.440. The summed E-state index contributed by atoms with van der Waals surface area (Å²) in [4.78, 5) is 14.5. The maximum Gasteiger partial charge on any atom is 0.271 e. The van der Waals surface area contributed by atoms with E-state index < -0.39 is 4.92 Å². The second-order valence-electron chi connectivity index (χ2n) is 4.50. The fourth-order valence-electron chi connectivity index (χ4n) is 1.96. The number of aromatic nitrogens is 2. The standard InChI is InChI=1S/C14H9BrN4O3/c15-12-5-11(19(21)22)4-9(14(12)20)6-16-10-1-2-13-8(3-10)7-17-18-13/h1-7,20H,(H,17,18)/p-1. The van der Waals surface area contributed by atoms with Crippen LogP contribution in [-0.4, -0.2) is 21.3 Å². The Morgan fingerprint density at radius 2 is 2.14 bits per heavy atom. The van der Waals surface area contributed by atoms with Crippen molar-refractivity contribution in [3.8, 4) is 5.75 Å². The van der Waals surface area contributed by atoms with Crippen molar-refractivity contribution in [1.29, 1.82) is 0 Å². The molecule has 0 unspecified atom stereocenters. The zero-order chi connectivity index (χ0) is 15.7. The van der Waals surface area contributed by atoms with Gasteiger partial charge in [0.1, 0.15) is 0 Å². The third kappa shape index (κ3) is 2.68. The van der Waals surface area contributed by atoms with Gasteiger partial charge in [-0.05, 0) is 23.8 Å². The Morgan fingerprint density at radius 3 is 2.91 bits per heavy atom. The van der Waals surface area contributed by atoms with E-state index in [-0.39, 0.29) is 21.5 Å². The van der Waals surface area contributed by atoms with Crippen molar-refractivity contribution in [3.63, 3.8) is 0 Å². The molecule has 2 aromatic carbocycles. The number of benzene rings is 2. The van der Waals surface area contributed by atoms with E-state index in [0.717, 1.165) is 10.9 Å². The average Bonchev–Trinajstić information content (AvgIpc) is 2.95. The van der Waals surface area contributed by atoms with E-state index in [4.69, 9.17) is 0 Å².